The van der Waals surface area contributed by atoms with Crippen molar-refractivity contribution >= 4 is 9.84 Å². The first-order valence-electron chi connectivity index (χ1n) is 6.99. The second-order valence-electron chi connectivity index (χ2n) is 5.67. The number of aryl methyl sites for hydroxylation is 1. The zero-order valence-corrected chi connectivity index (χ0v) is 13.2. The molecule has 0 amide bonds. The minimum absolute atomic E-state index is 0.0489. The Labute approximate surface area is 121 Å². The third-order valence-electron chi connectivity index (χ3n) is 3.71. The monoisotopic (exact) mass is 297 g/mol. The molecule has 0 saturated carbocycles. The van der Waals surface area contributed by atoms with E-state index in [-0.39, 0.29) is 17.8 Å². The molecule has 2 unspecified atom stereocenters. The van der Waals surface area contributed by atoms with Gasteiger partial charge in [-0.05, 0) is 49.4 Å². The third-order valence-corrected chi connectivity index (χ3v) is 4.81. The smallest absolute Gasteiger partial charge is 0.148 e. The van der Waals surface area contributed by atoms with E-state index in [1.54, 1.807) is 7.11 Å². The van der Waals surface area contributed by atoms with Gasteiger partial charge in [-0.25, -0.2) is 8.42 Å². The summed E-state index contributed by atoms with van der Waals surface area (Å²) in [6.45, 7) is 1.93. The molecule has 0 radical (unpaired) electrons. The highest BCUT2D eigenvalue weighted by molar-refractivity contribution is 7.90. The second kappa shape index (κ2) is 6.14. The van der Waals surface area contributed by atoms with E-state index in [9.17, 15) is 8.42 Å². The van der Waals surface area contributed by atoms with Gasteiger partial charge in [0.05, 0.1) is 12.9 Å². The van der Waals surface area contributed by atoms with Crippen LogP contribution in [0.2, 0.25) is 0 Å². The summed E-state index contributed by atoms with van der Waals surface area (Å²) in [5.74, 6) is 1.02. The Bertz CT molecular complexity index is 568. The van der Waals surface area contributed by atoms with Crippen LogP contribution in [0.5, 0.6) is 5.75 Å². The zero-order valence-electron chi connectivity index (χ0n) is 12.3. The Morgan fingerprint density at radius 2 is 2.20 bits per heavy atom. The van der Waals surface area contributed by atoms with E-state index in [4.69, 9.17) is 4.74 Å². The van der Waals surface area contributed by atoms with Crippen LogP contribution in [0.4, 0.5) is 0 Å². The summed E-state index contributed by atoms with van der Waals surface area (Å²) < 4.78 is 28.0. The van der Waals surface area contributed by atoms with Gasteiger partial charge < -0.3 is 10.1 Å². The molecule has 0 bridgehead atoms. The quantitative estimate of drug-likeness (QED) is 0.904. The van der Waals surface area contributed by atoms with Crippen molar-refractivity contribution in [2.75, 3.05) is 19.1 Å². The van der Waals surface area contributed by atoms with Crippen LogP contribution in [0, 0.1) is 0 Å². The normalized spacial score (nSPS) is 20.2. The van der Waals surface area contributed by atoms with Gasteiger partial charge >= 0.3 is 0 Å². The Morgan fingerprint density at radius 1 is 1.45 bits per heavy atom. The fourth-order valence-electron chi connectivity index (χ4n) is 2.92. The van der Waals surface area contributed by atoms with Crippen LogP contribution < -0.4 is 10.1 Å². The van der Waals surface area contributed by atoms with E-state index >= 15 is 0 Å². The molecule has 2 rings (SSSR count). The van der Waals surface area contributed by atoms with E-state index in [1.165, 1.54) is 17.4 Å². The van der Waals surface area contributed by atoms with Crippen molar-refractivity contribution in [3.05, 3.63) is 29.3 Å². The Kier molecular flexibility index (Phi) is 4.70. The maximum Gasteiger partial charge on any atom is 0.148 e. The minimum Gasteiger partial charge on any atom is -0.497 e. The lowest BCUT2D eigenvalue weighted by Gasteiger charge is -2.29. The highest BCUT2D eigenvalue weighted by Crippen LogP contribution is 2.32. The first-order chi connectivity index (χ1) is 9.39. The fourth-order valence-corrected chi connectivity index (χ4v) is 3.93. The molecule has 0 saturated heterocycles. The average Bonchev–Trinajstić information content (AvgIpc) is 2.36. The SMILES string of the molecule is COc1ccc2c(c1)C(NC(C)CS(C)(=O)=O)CCC2. The van der Waals surface area contributed by atoms with Crippen LogP contribution >= 0.6 is 0 Å². The molecule has 2 atom stereocenters. The Balaban J connectivity index is 2.15. The van der Waals surface area contributed by atoms with Crippen molar-refractivity contribution in [3.63, 3.8) is 0 Å². The average molecular weight is 297 g/mol. The molecule has 5 heteroatoms. The molecule has 4 nitrogen and oxygen atoms in total. The summed E-state index contributed by atoms with van der Waals surface area (Å²) in [6.07, 6.45) is 4.53. The largest absolute Gasteiger partial charge is 0.497 e. The first kappa shape index (κ1) is 15.3. The minimum atomic E-state index is -2.95. The first-order valence-corrected chi connectivity index (χ1v) is 9.05. The van der Waals surface area contributed by atoms with Gasteiger partial charge in [0, 0.05) is 18.3 Å². The van der Waals surface area contributed by atoms with Crippen LogP contribution in [-0.4, -0.2) is 33.6 Å². The molecule has 0 aliphatic heterocycles. The van der Waals surface area contributed by atoms with Crippen molar-refractivity contribution in [3.8, 4) is 5.75 Å². The highest BCUT2D eigenvalue weighted by atomic mass is 32.2. The molecule has 112 valence electrons. The van der Waals surface area contributed by atoms with Crippen LogP contribution in [0.1, 0.15) is 36.9 Å². The van der Waals surface area contributed by atoms with Gasteiger partial charge in [0.2, 0.25) is 0 Å². The molecule has 1 aliphatic rings. The van der Waals surface area contributed by atoms with Crippen molar-refractivity contribution in [1.82, 2.24) is 5.32 Å². The number of ether oxygens (including phenoxy) is 1. The lowest BCUT2D eigenvalue weighted by molar-refractivity contribution is 0.402. The molecular weight excluding hydrogens is 274 g/mol. The lowest BCUT2D eigenvalue weighted by Crippen LogP contribution is -2.37. The van der Waals surface area contributed by atoms with Gasteiger partial charge in [0.25, 0.3) is 0 Å². The van der Waals surface area contributed by atoms with Crippen molar-refractivity contribution in [2.24, 2.45) is 0 Å². The van der Waals surface area contributed by atoms with Crippen LogP contribution in [-0.2, 0) is 16.3 Å². The summed E-state index contributed by atoms with van der Waals surface area (Å²) in [5, 5.41) is 3.45. The summed E-state index contributed by atoms with van der Waals surface area (Å²) in [7, 11) is -1.29. The van der Waals surface area contributed by atoms with E-state index in [2.05, 4.69) is 17.4 Å². The predicted molar refractivity (Wildman–Crippen MR) is 81.0 cm³/mol. The molecule has 0 heterocycles. The van der Waals surface area contributed by atoms with Gasteiger partial charge in [-0.3, -0.25) is 0 Å². The Morgan fingerprint density at radius 3 is 2.85 bits per heavy atom. The molecule has 0 spiro atoms. The van der Waals surface area contributed by atoms with Crippen LogP contribution in [0.15, 0.2) is 18.2 Å². The molecule has 1 aliphatic carbocycles. The lowest BCUT2D eigenvalue weighted by atomic mass is 9.87. The number of hydrogen-bond acceptors (Lipinski definition) is 4. The third kappa shape index (κ3) is 3.96. The molecule has 20 heavy (non-hydrogen) atoms. The fraction of sp³-hybridized carbons (Fsp3) is 0.600. The number of hydrogen-bond donors (Lipinski definition) is 1. The van der Waals surface area contributed by atoms with Crippen molar-refractivity contribution in [2.45, 2.75) is 38.3 Å². The second-order valence-corrected chi connectivity index (χ2v) is 7.85. The summed E-state index contributed by atoms with van der Waals surface area (Å²) in [4.78, 5) is 0. The molecule has 1 aromatic rings. The molecule has 1 N–H and O–H groups in total. The number of sulfone groups is 1. The number of rotatable bonds is 5. The Hall–Kier alpha value is -1.07. The zero-order chi connectivity index (χ0) is 14.8. The van der Waals surface area contributed by atoms with Crippen molar-refractivity contribution < 1.29 is 13.2 Å². The van der Waals surface area contributed by atoms with Gasteiger partial charge in [0.1, 0.15) is 15.6 Å². The van der Waals surface area contributed by atoms with E-state index in [0.717, 1.165) is 25.0 Å². The van der Waals surface area contributed by atoms with Gasteiger partial charge in [-0.15, -0.1) is 0 Å². The number of benzene rings is 1. The van der Waals surface area contributed by atoms with E-state index in [0.29, 0.717) is 0 Å². The summed E-state index contributed by atoms with van der Waals surface area (Å²) in [6, 6.07) is 6.33. The molecule has 1 aromatic carbocycles. The topological polar surface area (TPSA) is 55.4 Å². The van der Waals surface area contributed by atoms with Gasteiger partial charge in [0.15, 0.2) is 0 Å². The van der Waals surface area contributed by atoms with E-state index in [1.807, 2.05) is 13.0 Å². The maximum absolute atomic E-state index is 11.4. The van der Waals surface area contributed by atoms with Gasteiger partial charge in [-0.1, -0.05) is 6.07 Å². The standard InChI is InChI=1S/C15H23NO3S/c1-11(10-20(3,17)18)16-15-6-4-5-12-7-8-13(19-2)9-14(12)15/h7-9,11,15-16H,4-6,10H2,1-3H3. The van der Waals surface area contributed by atoms with Gasteiger partial charge in [-0.2, -0.15) is 0 Å². The van der Waals surface area contributed by atoms with Crippen LogP contribution in [0.25, 0.3) is 0 Å². The number of nitrogens with one attached hydrogen (secondary N) is 1. The summed E-state index contributed by atoms with van der Waals surface area (Å²) >= 11 is 0. The van der Waals surface area contributed by atoms with Crippen LogP contribution in [0.3, 0.4) is 0 Å². The maximum atomic E-state index is 11.4. The van der Waals surface area contributed by atoms with Crippen molar-refractivity contribution in [1.29, 1.82) is 0 Å². The predicted octanol–water partition coefficient (Wildman–Crippen LogP) is 2.10. The van der Waals surface area contributed by atoms with E-state index < -0.39 is 9.84 Å². The molecule has 0 fully saturated rings. The summed E-state index contributed by atoms with van der Waals surface area (Å²) in [5.41, 5.74) is 2.58. The number of fused-ring (bicyclic) bond motifs is 1. The highest BCUT2D eigenvalue weighted by Gasteiger charge is 2.23. The molecule has 0 aromatic heterocycles. The molecular formula is C15H23NO3S. The number of methoxy groups -OCH3 is 1.